The van der Waals surface area contributed by atoms with E-state index < -0.39 is 0 Å². The summed E-state index contributed by atoms with van der Waals surface area (Å²) in [5.41, 5.74) is 9.21. The molecule has 112 valence electrons. The summed E-state index contributed by atoms with van der Waals surface area (Å²) >= 11 is 6.41. The number of nitrogens with zero attached hydrogens (tertiary/aromatic N) is 2. The fourth-order valence-corrected chi connectivity index (χ4v) is 2.60. The molecule has 4 heteroatoms. The third kappa shape index (κ3) is 4.45. The van der Waals surface area contributed by atoms with Crippen molar-refractivity contribution in [3.8, 4) is 0 Å². The minimum atomic E-state index is 0.193. The lowest BCUT2D eigenvalue weighted by molar-refractivity contribution is 0.646. The lowest BCUT2D eigenvalue weighted by Crippen LogP contribution is -2.21. The Morgan fingerprint density at radius 2 is 2.10 bits per heavy atom. The van der Waals surface area contributed by atoms with Crippen LogP contribution in [0, 0.1) is 0 Å². The predicted molar refractivity (Wildman–Crippen MR) is 89.8 cm³/mol. The number of anilines is 1. The summed E-state index contributed by atoms with van der Waals surface area (Å²) in [6.07, 6.45) is 3.64. The summed E-state index contributed by atoms with van der Waals surface area (Å²) in [5, 5.41) is 0.759. The SMILES string of the molecule is CCC(N)Cc1ccc(N(C)Cc2ccccn2)c(Cl)c1. The van der Waals surface area contributed by atoms with Gasteiger partial charge in [-0.1, -0.05) is 30.7 Å². The van der Waals surface area contributed by atoms with Crippen LogP contribution in [0.15, 0.2) is 42.6 Å². The average molecular weight is 304 g/mol. The van der Waals surface area contributed by atoms with Gasteiger partial charge in [0.05, 0.1) is 22.9 Å². The van der Waals surface area contributed by atoms with Crippen molar-refractivity contribution in [2.75, 3.05) is 11.9 Å². The van der Waals surface area contributed by atoms with Gasteiger partial charge in [-0.15, -0.1) is 0 Å². The lowest BCUT2D eigenvalue weighted by Gasteiger charge is -2.21. The zero-order valence-electron chi connectivity index (χ0n) is 12.6. The minimum Gasteiger partial charge on any atom is -0.367 e. The molecule has 0 aliphatic carbocycles. The summed E-state index contributed by atoms with van der Waals surface area (Å²) in [5.74, 6) is 0. The van der Waals surface area contributed by atoms with Crippen molar-refractivity contribution in [2.45, 2.75) is 32.4 Å². The maximum atomic E-state index is 6.41. The average Bonchev–Trinajstić information content (AvgIpc) is 2.48. The molecule has 3 nitrogen and oxygen atoms in total. The molecule has 0 amide bonds. The van der Waals surface area contributed by atoms with Gasteiger partial charge in [0, 0.05) is 19.3 Å². The van der Waals surface area contributed by atoms with Gasteiger partial charge >= 0.3 is 0 Å². The molecule has 0 saturated carbocycles. The van der Waals surface area contributed by atoms with E-state index in [4.69, 9.17) is 17.3 Å². The highest BCUT2D eigenvalue weighted by molar-refractivity contribution is 6.33. The molecule has 0 bridgehead atoms. The summed E-state index contributed by atoms with van der Waals surface area (Å²) < 4.78 is 0. The number of hydrogen-bond donors (Lipinski definition) is 1. The second-order valence-corrected chi connectivity index (χ2v) is 5.74. The van der Waals surface area contributed by atoms with Gasteiger partial charge in [-0.05, 0) is 42.7 Å². The van der Waals surface area contributed by atoms with Crippen molar-refractivity contribution in [3.63, 3.8) is 0 Å². The molecule has 1 heterocycles. The Bertz CT molecular complexity index is 572. The molecule has 0 saturated heterocycles. The Kier molecular flexibility index (Phi) is 5.59. The molecule has 1 unspecified atom stereocenters. The number of hydrogen-bond acceptors (Lipinski definition) is 3. The van der Waals surface area contributed by atoms with Crippen molar-refractivity contribution in [2.24, 2.45) is 5.73 Å². The molecule has 1 aromatic heterocycles. The fourth-order valence-electron chi connectivity index (χ4n) is 2.25. The van der Waals surface area contributed by atoms with Gasteiger partial charge in [0.1, 0.15) is 0 Å². The lowest BCUT2D eigenvalue weighted by atomic mass is 10.0. The van der Waals surface area contributed by atoms with Crippen molar-refractivity contribution < 1.29 is 0 Å². The standard InChI is InChI=1S/C17H22ClN3/c1-3-14(19)10-13-7-8-17(16(18)11-13)21(2)12-15-6-4-5-9-20-15/h4-9,11,14H,3,10,12,19H2,1-2H3. The zero-order chi connectivity index (χ0) is 15.2. The Balaban J connectivity index is 2.09. The van der Waals surface area contributed by atoms with E-state index in [-0.39, 0.29) is 6.04 Å². The Hall–Kier alpha value is -1.58. The number of halogens is 1. The summed E-state index contributed by atoms with van der Waals surface area (Å²) in [7, 11) is 2.02. The van der Waals surface area contributed by atoms with Crippen molar-refractivity contribution in [3.05, 3.63) is 58.9 Å². The molecule has 2 aromatic rings. The third-order valence-corrected chi connectivity index (χ3v) is 3.87. The molecule has 0 aliphatic rings. The number of aromatic nitrogens is 1. The predicted octanol–water partition coefficient (Wildman–Crippen LogP) is 3.65. The molecule has 0 spiro atoms. The van der Waals surface area contributed by atoms with Gasteiger partial charge in [-0.2, -0.15) is 0 Å². The van der Waals surface area contributed by atoms with Crippen LogP contribution >= 0.6 is 11.6 Å². The summed E-state index contributed by atoms with van der Waals surface area (Å²) in [6, 6.07) is 12.3. The van der Waals surface area contributed by atoms with Crippen LogP contribution in [-0.4, -0.2) is 18.1 Å². The van der Waals surface area contributed by atoms with Crippen LogP contribution in [0.1, 0.15) is 24.6 Å². The van der Waals surface area contributed by atoms with E-state index in [0.717, 1.165) is 35.8 Å². The highest BCUT2D eigenvalue weighted by atomic mass is 35.5. The highest BCUT2D eigenvalue weighted by Crippen LogP contribution is 2.27. The van der Waals surface area contributed by atoms with Crippen LogP contribution in [-0.2, 0) is 13.0 Å². The van der Waals surface area contributed by atoms with E-state index in [1.54, 1.807) is 6.20 Å². The van der Waals surface area contributed by atoms with E-state index in [1.165, 1.54) is 5.56 Å². The van der Waals surface area contributed by atoms with Crippen LogP contribution < -0.4 is 10.6 Å². The Morgan fingerprint density at radius 3 is 2.71 bits per heavy atom. The molecule has 1 aromatic carbocycles. The number of rotatable bonds is 6. The molecule has 0 fully saturated rings. The first kappa shape index (κ1) is 15.8. The largest absolute Gasteiger partial charge is 0.367 e. The quantitative estimate of drug-likeness (QED) is 0.885. The van der Waals surface area contributed by atoms with Gasteiger partial charge in [-0.3, -0.25) is 4.98 Å². The maximum Gasteiger partial charge on any atom is 0.0642 e. The molecule has 2 rings (SSSR count). The van der Waals surface area contributed by atoms with Crippen LogP contribution in [0.5, 0.6) is 0 Å². The Labute approximate surface area is 131 Å². The topological polar surface area (TPSA) is 42.1 Å². The maximum absolute atomic E-state index is 6.41. The van der Waals surface area contributed by atoms with Crippen LogP contribution in [0.25, 0.3) is 0 Å². The monoisotopic (exact) mass is 303 g/mol. The molecular weight excluding hydrogens is 282 g/mol. The van der Waals surface area contributed by atoms with Crippen molar-refractivity contribution in [1.29, 1.82) is 0 Å². The second kappa shape index (κ2) is 7.43. The molecular formula is C17H22ClN3. The molecule has 0 aliphatic heterocycles. The number of benzene rings is 1. The van der Waals surface area contributed by atoms with E-state index in [0.29, 0.717) is 0 Å². The van der Waals surface area contributed by atoms with E-state index in [9.17, 15) is 0 Å². The van der Waals surface area contributed by atoms with Crippen LogP contribution in [0.4, 0.5) is 5.69 Å². The van der Waals surface area contributed by atoms with Gasteiger partial charge < -0.3 is 10.6 Å². The Morgan fingerprint density at radius 1 is 1.29 bits per heavy atom. The van der Waals surface area contributed by atoms with Gasteiger partial charge in [0.2, 0.25) is 0 Å². The van der Waals surface area contributed by atoms with Gasteiger partial charge in [0.25, 0.3) is 0 Å². The molecule has 2 N–H and O–H groups in total. The van der Waals surface area contributed by atoms with E-state index >= 15 is 0 Å². The van der Waals surface area contributed by atoms with Gasteiger partial charge in [0.15, 0.2) is 0 Å². The number of nitrogens with two attached hydrogens (primary N) is 1. The fraction of sp³-hybridized carbons (Fsp3) is 0.353. The highest BCUT2D eigenvalue weighted by Gasteiger charge is 2.09. The molecule has 0 radical (unpaired) electrons. The first-order chi connectivity index (χ1) is 10.1. The van der Waals surface area contributed by atoms with Crippen molar-refractivity contribution >= 4 is 17.3 Å². The van der Waals surface area contributed by atoms with E-state index in [2.05, 4.69) is 28.9 Å². The van der Waals surface area contributed by atoms with Crippen molar-refractivity contribution in [1.82, 2.24) is 4.98 Å². The van der Waals surface area contributed by atoms with Crippen LogP contribution in [0.3, 0.4) is 0 Å². The van der Waals surface area contributed by atoms with Crippen LogP contribution in [0.2, 0.25) is 5.02 Å². The second-order valence-electron chi connectivity index (χ2n) is 5.34. The third-order valence-electron chi connectivity index (χ3n) is 3.57. The first-order valence-electron chi connectivity index (χ1n) is 7.25. The van der Waals surface area contributed by atoms with Gasteiger partial charge in [-0.25, -0.2) is 0 Å². The normalized spacial score (nSPS) is 12.2. The summed E-state index contributed by atoms with van der Waals surface area (Å²) in [4.78, 5) is 6.45. The smallest absolute Gasteiger partial charge is 0.0642 e. The zero-order valence-corrected chi connectivity index (χ0v) is 13.3. The summed E-state index contributed by atoms with van der Waals surface area (Å²) in [6.45, 7) is 2.83. The minimum absolute atomic E-state index is 0.193. The van der Waals surface area contributed by atoms with E-state index in [1.807, 2.05) is 31.3 Å². The molecule has 21 heavy (non-hydrogen) atoms. The molecule has 1 atom stereocenters. The number of pyridine rings is 1. The first-order valence-corrected chi connectivity index (χ1v) is 7.63.